The van der Waals surface area contributed by atoms with Crippen LogP contribution in [0.15, 0.2) is 67.0 Å². The van der Waals surface area contributed by atoms with Crippen molar-refractivity contribution in [1.82, 2.24) is 15.3 Å². The number of anilines is 1. The summed E-state index contributed by atoms with van der Waals surface area (Å²) in [6, 6.07) is 17.9. The number of hydrogen-bond acceptors (Lipinski definition) is 6. The van der Waals surface area contributed by atoms with Crippen molar-refractivity contribution >= 4 is 17.3 Å². The zero-order valence-corrected chi connectivity index (χ0v) is 19.0. The first kappa shape index (κ1) is 23.5. The van der Waals surface area contributed by atoms with E-state index in [9.17, 15) is 4.79 Å². The van der Waals surface area contributed by atoms with Gasteiger partial charge in [0.1, 0.15) is 23.1 Å². The summed E-state index contributed by atoms with van der Waals surface area (Å²) in [4.78, 5) is 21.6. The smallest absolute Gasteiger partial charge is 0.258 e. The topological polar surface area (TPSA) is 99.9 Å². The van der Waals surface area contributed by atoms with Crippen LogP contribution in [0.25, 0.3) is 5.57 Å². The number of aryl methyl sites for hydroxylation is 1. The van der Waals surface area contributed by atoms with E-state index in [0.717, 1.165) is 12.1 Å². The molecule has 168 valence electrons. The molecule has 0 aliphatic rings. The van der Waals surface area contributed by atoms with Crippen LogP contribution in [0.1, 0.15) is 37.7 Å². The Kier molecular flexibility index (Phi) is 8.14. The molecule has 1 aromatic heterocycles. The van der Waals surface area contributed by atoms with E-state index >= 15 is 0 Å². The van der Waals surface area contributed by atoms with E-state index in [1.165, 1.54) is 0 Å². The zero-order chi connectivity index (χ0) is 23.6. The van der Waals surface area contributed by atoms with Gasteiger partial charge in [-0.15, -0.1) is 0 Å². The maximum Gasteiger partial charge on any atom is 0.258 e. The number of rotatable bonds is 9. The Hall–Kier alpha value is -4.18. The van der Waals surface area contributed by atoms with Crippen molar-refractivity contribution in [1.29, 1.82) is 5.26 Å². The molecule has 1 amide bonds. The second-order valence-electron chi connectivity index (χ2n) is 7.79. The molecule has 0 saturated heterocycles. The minimum Gasteiger partial charge on any atom is -0.457 e. The Morgan fingerprint density at radius 2 is 1.76 bits per heavy atom. The number of aromatic nitrogens is 2. The standard InChI is InChI=1S/C26H27N5O2/c1-4-24-29-14-13-25(30-24)31-26(32)23(17-28-16-18(2)3)20-7-11-22(12-8-20)33-21-9-5-19(15-27)6-10-21/h5-14,17-18,28H,4,16H2,1-3H3,(H,29,30,31,32)/b23-17+. The third kappa shape index (κ3) is 6.91. The number of carbonyl (C=O) groups excluding carboxylic acids is 1. The fraction of sp³-hybridized carbons (Fsp3) is 0.231. The molecule has 7 nitrogen and oxygen atoms in total. The maximum absolute atomic E-state index is 13.1. The van der Waals surface area contributed by atoms with E-state index < -0.39 is 0 Å². The Labute approximate surface area is 194 Å². The van der Waals surface area contributed by atoms with Gasteiger partial charge in [-0.25, -0.2) is 9.97 Å². The summed E-state index contributed by atoms with van der Waals surface area (Å²) >= 11 is 0. The van der Waals surface area contributed by atoms with Gasteiger partial charge in [0.15, 0.2) is 0 Å². The molecule has 0 bridgehead atoms. The normalized spacial score (nSPS) is 11.1. The van der Waals surface area contributed by atoms with Gasteiger partial charge in [0, 0.05) is 25.4 Å². The summed E-state index contributed by atoms with van der Waals surface area (Å²) in [7, 11) is 0. The molecule has 2 N–H and O–H groups in total. The molecule has 3 aromatic rings. The fourth-order valence-corrected chi connectivity index (χ4v) is 2.94. The second-order valence-corrected chi connectivity index (χ2v) is 7.79. The Bertz CT molecular complexity index is 1150. The third-order valence-electron chi connectivity index (χ3n) is 4.66. The largest absolute Gasteiger partial charge is 0.457 e. The van der Waals surface area contributed by atoms with Gasteiger partial charge in [-0.1, -0.05) is 32.9 Å². The molecular formula is C26H27N5O2. The van der Waals surface area contributed by atoms with Gasteiger partial charge >= 0.3 is 0 Å². The summed E-state index contributed by atoms with van der Waals surface area (Å²) in [6.07, 6.45) is 4.05. The van der Waals surface area contributed by atoms with Gasteiger partial charge in [-0.05, 0) is 53.9 Å². The zero-order valence-electron chi connectivity index (χ0n) is 19.0. The van der Waals surface area contributed by atoms with Crippen LogP contribution in [-0.2, 0) is 11.2 Å². The Morgan fingerprint density at radius 3 is 2.36 bits per heavy atom. The molecule has 0 unspecified atom stereocenters. The van der Waals surface area contributed by atoms with Crippen LogP contribution >= 0.6 is 0 Å². The highest BCUT2D eigenvalue weighted by molar-refractivity contribution is 6.25. The van der Waals surface area contributed by atoms with Gasteiger partial charge in [0.2, 0.25) is 0 Å². The van der Waals surface area contributed by atoms with Gasteiger partial charge in [0.05, 0.1) is 17.2 Å². The number of amides is 1. The lowest BCUT2D eigenvalue weighted by Gasteiger charge is -2.12. The molecule has 0 fully saturated rings. The molecule has 3 rings (SSSR count). The summed E-state index contributed by atoms with van der Waals surface area (Å²) < 4.78 is 5.84. The minimum atomic E-state index is -0.271. The minimum absolute atomic E-state index is 0.271. The average Bonchev–Trinajstić information content (AvgIpc) is 2.83. The van der Waals surface area contributed by atoms with Crippen LogP contribution in [0.5, 0.6) is 11.5 Å². The number of nitrogens with one attached hydrogen (secondary N) is 2. The first-order valence-corrected chi connectivity index (χ1v) is 10.8. The molecule has 0 atom stereocenters. The summed E-state index contributed by atoms with van der Waals surface area (Å²) in [6.45, 7) is 6.90. The van der Waals surface area contributed by atoms with E-state index in [1.54, 1.807) is 54.9 Å². The lowest BCUT2D eigenvalue weighted by molar-refractivity contribution is -0.111. The van der Waals surface area contributed by atoms with Crippen LogP contribution in [0.2, 0.25) is 0 Å². The molecule has 0 aliphatic heterocycles. The molecule has 7 heteroatoms. The van der Waals surface area contributed by atoms with E-state index in [4.69, 9.17) is 10.00 Å². The molecule has 33 heavy (non-hydrogen) atoms. The Balaban J connectivity index is 1.79. The Morgan fingerprint density at radius 1 is 1.09 bits per heavy atom. The highest BCUT2D eigenvalue weighted by Crippen LogP contribution is 2.25. The summed E-state index contributed by atoms with van der Waals surface area (Å²) in [5.41, 5.74) is 1.79. The number of nitriles is 1. The van der Waals surface area contributed by atoms with E-state index in [-0.39, 0.29) is 5.91 Å². The monoisotopic (exact) mass is 441 g/mol. The highest BCUT2D eigenvalue weighted by Gasteiger charge is 2.14. The lowest BCUT2D eigenvalue weighted by atomic mass is 10.1. The number of ether oxygens (including phenoxy) is 1. The van der Waals surface area contributed by atoms with Crippen molar-refractivity contribution in [3.63, 3.8) is 0 Å². The van der Waals surface area contributed by atoms with Crippen molar-refractivity contribution in [2.45, 2.75) is 27.2 Å². The molecule has 0 spiro atoms. The molecule has 0 aliphatic carbocycles. The predicted octanol–water partition coefficient (Wildman–Crippen LogP) is 4.93. The predicted molar refractivity (Wildman–Crippen MR) is 129 cm³/mol. The molecule has 2 aromatic carbocycles. The average molecular weight is 442 g/mol. The number of benzene rings is 2. The highest BCUT2D eigenvalue weighted by atomic mass is 16.5. The summed E-state index contributed by atoms with van der Waals surface area (Å²) in [5, 5.41) is 15.0. The fourth-order valence-electron chi connectivity index (χ4n) is 2.94. The quantitative estimate of drug-likeness (QED) is 0.457. The van der Waals surface area contributed by atoms with Gasteiger partial charge < -0.3 is 15.4 Å². The first-order valence-electron chi connectivity index (χ1n) is 10.8. The van der Waals surface area contributed by atoms with Crippen LogP contribution in [0.4, 0.5) is 5.82 Å². The maximum atomic E-state index is 13.1. The van der Waals surface area contributed by atoms with Crippen molar-refractivity contribution < 1.29 is 9.53 Å². The number of carbonyl (C=O) groups is 1. The van der Waals surface area contributed by atoms with Crippen molar-refractivity contribution in [2.24, 2.45) is 5.92 Å². The SMILES string of the molecule is CCc1nccc(NC(=O)/C(=C/NCC(C)C)c2ccc(Oc3ccc(C#N)cc3)cc2)n1. The van der Waals surface area contributed by atoms with Crippen LogP contribution < -0.4 is 15.4 Å². The molecular weight excluding hydrogens is 414 g/mol. The van der Waals surface area contributed by atoms with Gasteiger partial charge in [-0.2, -0.15) is 5.26 Å². The molecule has 1 heterocycles. The first-order chi connectivity index (χ1) is 16.0. The van der Waals surface area contributed by atoms with E-state index in [0.29, 0.717) is 46.6 Å². The van der Waals surface area contributed by atoms with Crippen molar-refractivity contribution in [3.8, 4) is 17.6 Å². The molecule has 0 radical (unpaired) electrons. The summed E-state index contributed by atoms with van der Waals surface area (Å²) in [5.74, 6) is 2.55. The van der Waals surface area contributed by atoms with Crippen LogP contribution in [0, 0.1) is 17.2 Å². The van der Waals surface area contributed by atoms with Crippen molar-refractivity contribution in [3.05, 3.63) is 83.9 Å². The lowest BCUT2D eigenvalue weighted by Crippen LogP contribution is -2.19. The van der Waals surface area contributed by atoms with E-state index in [1.807, 2.05) is 19.1 Å². The number of nitrogens with zero attached hydrogens (tertiary/aromatic N) is 3. The van der Waals surface area contributed by atoms with E-state index in [2.05, 4.69) is 40.5 Å². The van der Waals surface area contributed by atoms with Crippen LogP contribution in [0.3, 0.4) is 0 Å². The molecule has 0 saturated carbocycles. The van der Waals surface area contributed by atoms with Crippen molar-refractivity contribution in [2.75, 3.05) is 11.9 Å². The van der Waals surface area contributed by atoms with Gasteiger partial charge in [0.25, 0.3) is 5.91 Å². The van der Waals surface area contributed by atoms with Gasteiger partial charge in [-0.3, -0.25) is 4.79 Å². The van der Waals surface area contributed by atoms with Crippen LogP contribution in [-0.4, -0.2) is 22.4 Å². The third-order valence-corrected chi connectivity index (χ3v) is 4.66. The second kappa shape index (κ2) is 11.4. The number of hydrogen-bond donors (Lipinski definition) is 2.